The van der Waals surface area contributed by atoms with Crippen LogP contribution in [0.3, 0.4) is 0 Å². The van der Waals surface area contributed by atoms with Crippen molar-refractivity contribution in [1.29, 1.82) is 0 Å². The molecular weight excluding hydrogens is 258 g/mol. The van der Waals surface area contributed by atoms with Gasteiger partial charge >= 0.3 is 0 Å². The number of nitrogens with one attached hydrogen (secondary N) is 1. The first-order valence-corrected chi connectivity index (χ1v) is 8.63. The van der Waals surface area contributed by atoms with Crippen LogP contribution in [-0.4, -0.2) is 18.1 Å². The van der Waals surface area contributed by atoms with E-state index in [4.69, 9.17) is 0 Å². The fourth-order valence-corrected chi connectivity index (χ4v) is 4.31. The molecule has 1 aromatic rings. The molecule has 18 heavy (non-hydrogen) atoms. The first-order chi connectivity index (χ1) is 8.95. The van der Waals surface area contributed by atoms with Gasteiger partial charge < -0.3 is 5.32 Å². The molecule has 1 aliphatic rings. The van der Waals surface area contributed by atoms with Crippen LogP contribution < -0.4 is 5.32 Å². The van der Waals surface area contributed by atoms with Gasteiger partial charge in [-0.2, -0.15) is 0 Å². The van der Waals surface area contributed by atoms with Crippen LogP contribution in [0.2, 0.25) is 0 Å². The van der Waals surface area contributed by atoms with Crippen LogP contribution in [0.1, 0.15) is 24.8 Å². The van der Waals surface area contributed by atoms with Crippen LogP contribution in [-0.2, 0) is 6.54 Å². The Morgan fingerprint density at radius 2 is 1.89 bits per heavy atom. The minimum absolute atomic E-state index is 0.987. The summed E-state index contributed by atoms with van der Waals surface area (Å²) in [6.45, 7) is 2.09. The van der Waals surface area contributed by atoms with Crippen LogP contribution in [0.4, 0.5) is 0 Å². The van der Waals surface area contributed by atoms with Crippen LogP contribution >= 0.6 is 23.5 Å². The SMILES string of the molecule is C(CCCNCc1ccccc1)=C1SCCCS1. The van der Waals surface area contributed by atoms with Crippen LogP contribution in [0.15, 0.2) is 40.6 Å². The van der Waals surface area contributed by atoms with Gasteiger partial charge in [-0.05, 0) is 42.9 Å². The van der Waals surface area contributed by atoms with Crippen molar-refractivity contribution in [2.45, 2.75) is 25.8 Å². The molecule has 1 aliphatic heterocycles. The van der Waals surface area contributed by atoms with Gasteiger partial charge in [0.2, 0.25) is 0 Å². The molecule has 0 spiro atoms. The molecule has 0 amide bonds. The standard InChI is InChI=1S/C15H21NS2/c1-2-7-14(8-3-1)13-16-10-5-4-9-15-17-11-6-12-18-15/h1-3,7-9,16H,4-6,10-13H2. The summed E-state index contributed by atoms with van der Waals surface area (Å²) in [6.07, 6.45) is 6.22. The van der Waals surface area contributed by atoms with E-state index in [1.807, 2.05) is 23.5 Å². The second-order valence-corrected chi connectivity index (χ2v) is 6.91. The highest BCUT2D eigenvalue weighted by Crippen LogP contribution is 2.34. The average Bonchev–Trinajstić information content (AvgIpc) is 2.45. The van der Waals surface area contributed by atoms with Crippen molar-refractivity contribution in [3.05, 3.63) is 46.2 Å². The molecule has 98 valence electrons. The number of allylic oxidation sites excluding steroid dienone is 1. The summed E-state index contributed by atoms with van der Waals surface area (Å²) in [5, 5.41) is 3.50. The molecule has 1 N–H and O–H groups in total. The topological polar surface area (TPSA) is 12.0 Å². The molecule has 0 bridgehead atoms. The Kier molecular flexibility index (Phi) is 6.77. The molecule has 0 saturated carbocycles. The number of thioether (sulfide) groups is 2. The molecular formula is C15H21NS2. The lowest BCUT2D eigenvalue weighted by Gasteiger charge is -2.12. The van der Waals surface area contributed by atoms with Crippen molar-refractivity contribution in [3.8, 4) is 0 Å². The molecule has 0 aliphatic carbocycles. The third kappa shape index (κ3) is 5.51. The highest BCUT2D eigenvalue weighted by Gasteiger charge is 2.05. The van der Waals surface area contributed by atoms with Gasteiger partial charge in [-0.25, -0.2) is 0 Å². The van der Waals surface area contributed by atoms with E-state index in [1.165, 1.54) is 36.3 Å². The number of rotatable bonds is 6. The molecule has 1 saturated heterocycles. The zero-order chi connectivity index (χ0) is 12.5. The van der Waals surface area contributed by atoms with Gasteiger partial charge in [0.1, 0.15) is 0 Å². The van der Waals surface area contributed by atoms with Gasteiger partial charge in [-0.15, -0.1) is 23.5 Å². The Labute approximate surface area is 119 Å². The third-order valence-electron chi connectivity index (χ3n) is 2.82. The summed E-state index contributed by atoms with van der Waals surface area (Å²) in [4.78, 5) is 0. The monoisotopic (exact) mass is 279 g/mol. The Morgan fingerprint density at radius 1 is 1.11 bits per heavy atom. The number of hydrogen-bond donors (Lipinski definition) is 1. The highest BCUT2D eigenvalue weighted by atomic mass is 32.2. The zero-order valence-corrected chi connectivity index (χ0v) is 12.4. The molecule has 0 atom stereocenters. The molecule has 1 fully saturated rings. The van der Waals surface area contributed by atoms with Gasteiger partial charge in [0.25, 0.3) is 0 Å². The lowest BCUT2D eigenvalue weighted by atomic mass is 10.2. The van der Waals surface area contributed by atoms with E-state index in [0.717, 1.165) is 13.1 Å². The van der Waals surface area contributed by atoms with E-state index in [2.05, 4.69) is 41.7 Å². The number of hydrogen-bond acceptors (Lipinski definition) is 3. The largest absolute Gasteiger partial charge is 0.313 e. The summed E-state index contributed by atoms with van der Waals surface area (Å²) < 4.78 is 1.55. The zero-order valence-electron chi connectivity index (χ0n) is 10.7. The van der Waals surface area contributed by atoms with Crippen molar-refractivity contribution in [2.24, 2.45) is 0 Å². The van der Waals surface area contributed by atoms with Crippen molar-refractivity contribution < 1.29 is 0 Å². The average molecular weight is 279 g/mol. The quantitative estimate of drug-likeness (QED) is 0.781. The van der Waals surface area contributed by atoms with Gasteiger partial charge in [-0.3, -0.25) is 0 Å². The van der Waals surface area contributed by atoms with Crippen molar-refractivity contribution >= 4 is 23.5 Å². The lowest BCUT2D eigenvalue weighted by molar-refractivity contribution is 0.655. The van der Waals surface area contributed by atoms with Gasteiger partial charge in [0.05, 0.1) is 0 Å². The number of benzene rings is 1. The van der Waals surface area contributed by atoms with E-state index in [9.17, 15) is 0 Å². The smallest absolute Gasteiger partial charge is 0.0360 e. The summed E-state index contributed by atoms with van der Waals surface area (Å²) >= 11 is 4.06. The Balaban J connectivity index is 1.53. The van der Waals surface area contributed by atoms with E-state index < -0.39 is 0 Å². The van der Waals surface area contributed by atoms with E-state index >= 15 is 0 Å². The summed E-state index contributed by atoms with van der Waals surface area (Å²) in [5.41, 5.74) is 1.37. The minimum Gasteiger partial charge on any atom is -0.313 e. The minimum atomic E-state index is 0.987. The molecule has 2 rings (SSSR count). The first kappa shape index (κ1) is 14.0. The fourth-order valence-electron chi connectivity index (χ4n) is 1.84. The second-order valence-electron chi connectivity index (χ2n) is 4.38. The molecule has 1 heterocycles. The van der Waals surface area contributed by atoms with Gasteiger partial charge in [0, 0.05) is 10.8 Å². The summed E-state index contributed by atoms with van der Waals surface area (Å²) in [7, 11) is 0. The van der Waals surface area contributed by atoms with Crippen LogP contribution in [0.25, 0.3) is 0 Å². The predicted molar refractivity (Wildman–Crippen MR) is 85.0 cm³/mol. The molecule has 0 aromatic heterocycles. The van der Waals surface area contributed by atoms with E-state index in [0.29, 0.717) is 0 Å². The predicted octanol–water partition coefficient (Wildman–Crippen LogP) is 4.27. The normalized spacial score (nSPS) is 15.7. The second kappa shape index (κ2) is 8.68. The fraction of sp³-hybridized carbons (Fsp3) is 0.467. The highest BCUT2D eigenvalue weighted by molar-refractivity contribution is 8.22. The molecule has 1 nitrogen and oxygen atoms in total. The molecule has 3 heteroatoms. The maximum absolute atomic E-state index is 3.50. The van der Waals surface area contributed by atoms with Crippen molar-refractivity contribution in [1.82, 2.24) is 5.32 Å². The third-order valence-corrected chi connectivity index (χ3v) is 5.41. The first-order valence-electron chi connectivity index (χ1n) is 6.65. The molecule has 0 radical (unpaired) electrons. The molecule has 0 unspecified atom stereocenters. The van der Waals surface area contributed by atoms with Crippen molar-refractivity contribution in [3.63, 3.8) is 0 Å². The Morgan fingerprint density at radius 3 is 2.67 bits per heavy atom. The lowest BCUT2D eigenvalue weighted by Crippen LogP contribution is -2.14. The van der Waals surface area contributed by atoms with E-state index in [1.54, 1.807) is 4.24 Å². The van der Waals surface area contributed by atoms with Crippen LogP contribution in [0, 0.1) is 0 Å². The Bertz CT molecular complexity index is 354. The maximum atomic E-state index is 3.50. The van der Waals surface area contributed by atoms with Gasteiger partial charge in [-0.1, -0.05) is 36.4 Å². The van der Waals surface area contributed by atoms with E-state index in [-0.39, 0.29) is 0 Å². The maximum Gasteiger partial charge on any atom is 0.0360 e. The van der Waals surface area contributed by atoms with Crippen LogP contribution in [0.5, 0.6) is 0 Å². The number of unbranched alkanes of at least 4 members (excludes halogenated alkanes) is 1. The summed E-state index contributed by atoms with van der Waals surface area (Å²) in [5.74, 6) is 2.62. The Hall–Kier alpha value is -0.380. The summed E-state index contributed by atoms with van der Waals surface area (Å²) in [6, 6.07) is 10.6. The van der Waals surface area contributed by atoms with Gasteiger partial charge in [0.15, 0.2) is 0 Å². The van der Waals surface area contributed by atoms with Crippen molar-refractivity contribution in [2.75, 3.05) is 18.1 Å². The molecule has 1 aromatic carbocycles.